The van der Waals surface area contributed by atoms with E-state index in [2.05, 4.69) is 17.4 Å². The monoisotopic (exact) mass is 397 g/mol. The lowest BCUT2D eigenvalue weighted by atomic mass is 10.1. The highest BCUT2D eigenvalue weighted by molar-refractivity contribution is 7.99. The van der Waals surface area contributed by atoms with Gasteiger partial charge in [-0.1, -0.05) is 53.2 Å². The van der Waals surface area contributed by atoms with Crippen LogP contribution in [0.5, 0.6) is 0 Å². The summed E-state index contributed by atoms with van der Waals surface area (Å²) in [6.45, 7) is 6.04. The Morgan fingerprint density at radius 3 is 2.52 bits per heavy atom. The molecule has 6 heteroatoms. The van der Waals surface area contributed by atoms with Gasteiger partial charge in [0, 0.05) is 16.3 Å². The third-order valence-corrected chi connectivity index (χ3v) is 5.00. The number of halogens is 2. The summed E-state index contributed by atoms with van der Waals surface area (Å²) >= 11 is 13.7. The Hall–Kier alpha value is -1.36. The summed E-state index contributed by atoms with van der Waals surface area (Å²) in [6, 6.07) is 13.7. The van der Waals surface area contributed by atoms with Gasteiger partial charge in [0.15, 0.2) is 0 Å². The molecule has 0 saturated heterocycles. The maximum atomic E-state index is 11.7. The van der Waals surface area contributed by atoms with E-state index in [4.69, 9.17) is 27.9 Å². The van der Waals surface area contributed by atoms with Crippen LogP contribution >= 0.6 is 35.0 Å². The molecule has 1 N–H and O–H groups in total. The minimum absolute atomic E-state index is 0.401. The molecule has 0 unspecified atom stereocenters. The van der Waals surface area contributed by atoms with Crippen LogP contribution in [0, 0.1) is 0 Å². The van der Waals surface area contributed by atoms with E-state index in [9.17, 15) is 4.79 Å². The van der Waals surface area contributed by atoms with Gasteiger partial charge < -0.3 is 10.1 Å². The van der Waals surface area contributed by atoms with E-state index >= 15 is 0 Å². The molecule has 25 heavy (non-hydrogen) atoms. The van der Waals surface area contributed by atoms with Crippen molar-refractivity contribution in [2.75, 3.05) is 6.54 Å². The van der Waals surface area contributed by atoms with Gasteiger partial charge in [0.25, 0.3) is 0 Å². The predicted molar refractivity (Wildman–Crippen MR) is 105 cm³/mol. The molecule has 0 bridgehead atoms. The zero-order valence-electron chi connectivity index (χ0n) is 14.4. The molecular formula is C19H21Cl2NO2S. The van der Waals surface area contributed by atoms with E-state index in [0.29, 0.717) is 23.0 Å². The molecule has 2 aromatic carbocycles. The lowest BCUT2D eigenvalue weighted by Crippen LogP contribution is -2.33. The Labute approximate surface area is 163 Å². The molecule has 0 aliphatic rings. The van der Waals surface area contributed by atoms with Crippen LogP contribution in [0.25, 0.3) is 0 Å². The van der Waals surface area contributed by atoms with Gasteiger partial charge in [-0.15, -0.1) is 0 Å². The Balaban J connectivity index is 1.98. The van der Waals surface area contributed by atoms with Gasteiger partial charge in [-0.25, -0.2) is 4.79 Å². The Morgan fingerprint density at radius 2 is 1.84 bits per heavy atom. The zero-order valence-corrected chi connectivity index (χ0v) is 16.8. The summed E-state index contributed by atoms with van der Waals surface area (Å²) in [5, 5.41) is 3.87. The van der Waals surface area contributed by atoms with Gasteiger partial charge in [0.1, 0.15) is 5.60 Å². The summed E-state index contributed by atoms with van der Waals surface area (Å²) in [5.41, 5.74) is 0.653. The molecule has 0 radical (unpaired) electrons. The summed E-state index contributed by atoms with van der Waals surface area (Å²) < 4.78 is 5.24. The molecule has 0 heterocycles. The number of amides is 1. The van der Waals surface area contributed by atoms with Gasteiger partial charge >= 0.3 is 6.09 Å². The van der Waals surface area contributed by atoms with E-state index in [1.54, 1.807) is 17.8 Å². The van der Waals surface area contributed by atoms with Crippen LogP contribution < -0.4 is 5.32 Å². The molecule has 0 atom stereocenters. The van der Waals surface area contributed by atoms with Crippen LogP contribution in [0.15, 0.2) is 52.3 Å². The first-order chi connectivity index (χ1) is 11.7. The third kappa shape index (κ3) is 6.81. The van der Waals surface area contributed by atoms with Crippen molar-refractivity contribution in [1.29, 1.82) is 0 Å². The van der Waals surface area contributed by atoms with Crippen molar-refractivity contribution >= 4 is 41.1 Å². The molecule has 0 spiro atoms. The molecule has 1 amide bonds. The van der Waals surface area contributed by atoms with Gasteiger partial charge in [0.2, 0.25) is 0 Å². The third-order valence-electron chi connectivity index (χ3n) is 3.15. The Morgan fingerprint density at radius 1 is 1.12 bits per heavy atom. The second-order valence-corrected chi connectivity index (χ2v) is 8.39. The molecule has 2 aromatic rings. The number of ether oxygens (including phenoxy) is 1. The number of benzene rings is 2. The highest BCUT2D eigenvalue weighted by atomic mass is 35.5. The van der Waals surface area contributed by atoms with E-state index in [-0.39, 0.29) is 0 Å². The fourth-order valence-corrected chi connectivity index (χ4v) is 3.47. The summed E-state index contributed by atoms with van der Waals surface area (Å²) in [7, 11) is 0. The second kappa shape index (κ2) is 8.84. The van der Waals surface area contributed by atoms with Crippen LogP contribution in [0.2, 0.25) is 10.0 Å². The van der Waals surface area contributed by atoms with Gasteiger partial charge in [-0.3, -0.25) is 0 Å². The number of alkyl carbamates (subject to hydrolysis) is 1. The van der Waals surface area contributed by atoms with Crippen molar-refractivity contribution in [2.45, 2.75) is 42.6 Å². The van der Waals surface area contributed by atoms with Gasteiger partial charge in [-0.2, -0.15) is 0 Å². The molecule has 0 fully saturated rings. The summed E-state index contributed by atoms with van der Waals surface area (Å²) in [4.78, 5) is 13.9. The van der Waals surface area contributed by atoms with Crippen LogP contribution in [-0.2, 0) is 11.2 Å². The number of hydrogen-bond donors (Lipinski definition) is 1. The number of rotatable bonds is 5. The molecule has 0 aliphatic carbocycles. The molecule has 3 nitrogen and oxygen atoms in total. The van der Waals surface area contributed by atoms with E-state index in [1.165, 1.54) is 0 Å². The summed E-state index contributed by atoms with van der Waals surface area (Å²) in [5.74, 6) is 0. The first-order valence-corrected chi connectivity index (χ1v) is 9.49. The smallest absolute Gasteiger partial charge is 0.407 e. The lowest BCUT2D eigenvalue weighted by molar-refractivity contribution is 0.0528. The van der Waals surface area contributed by atoms with Crippen molar-refractivity contribution in [2.24, 2.45) is 0 Å². The fourth-order valence-electron chi connectivity index (χ4n) is 2.09. The fraction of sp³-hybridized carbons (Fsp3) is 0.316. The number of nitrogens with one attached hydrogen (secondary N) is 1. The average Bonchev–Trinajstić information content (AvgIpc) is 2.51. The van der Waals surface area contributed by atoms with E-state index < -0.39 is 11.7 Å². The largest absolute Gasteiger partial charge is 0.444 e. The van der Waals surface area contributed by atoms with Crippen LogP contribution in [0.3, 0.4) is 0 Å². The normalized spacial score (nSPS) is 11.2. The maximum Gasteiger partial charge on any atom is 0.407 e. The van der Waals surface area contributed by atoms with Crippen LogP contribution in [-0.4, -0.2) is 18.2 Å². The van der Waals surface area contributed by atoms with Crippen molar-refractivity contribution in [3.63, 3.8) is 0 Å². The minimum Gasteiger partial charge on any atom is -0.444 e. The summed E-state index contributed by atoms with van der Waals surface area (Å²) in [6.07, 6.45) is 0.311. The predicted octanol–water partition coefficient (Wildman–Crippen LogP) is 6.21. The van der Waals surface area contributed by atoms with Crippen molar-refractivity contribution in [1.82, 2.24) is 5.32 Å². The minimum atomic E-state index is -0.494. The quantitative estimate of drug-likeness (QED) is 0.651. The standard InChI is InChI=1S/C19H21Cl2NO2S/c1-19(2,3)24-18(23)22-11-10-13-6-4-5-7-17(13)25-14-8-9-15(20)16(21)12-14/h4-9,12H,10-11H2,1-3H3,(H,22,23). The first-order valence-electron chi connectivity index (χ1n) is 7.92. The van der Waals surface area contributed by atoms with Crippen molar-refractivity contribution < 1.29 is 9.53 Å². The van der Waals surface area contributed by atoms with Crippen LogP contribution in [0.1, 0.15) is 26.3 Å². The molecule has 134 valence electrons. The number of hydrogen-bond acceptors (Lipinski definition) is 3. The molecule has 0 aliphatic heterocycles. The molecule has 0 aromatic heterocycles. The number of carbonyl (C=O) groups excluding carboxylic acids is 1. The van der Waals surface area contributed by atoms with Crippen molar-refractivity contribution in [3.8, 4) is 0 Å². The number of carbonyl (C=O) groups is 1. The zero-order chi connectivity index (χ0) is 18.4. The average molecular weight is 398 g/mol. The SMILES string of the molecule is CC(C)(C)OC(=O)NCCc1ccccc1Sc1ccc(Cl)c(Cl)c1. The highest BCUT2D eigenvalue weighted by Gasteiger charge is 2.15. The molecule has 2 rings (SSSR count). The van der Waals surface area contributed by atoms with Crippen LogP contribution in [0.4, 0.5) is 4.79 Å². The maximum absolute atomic E-state index is 11.7. The highest BCUT2D eigenvalue weighted by Crippen LogP contribution is 2.34. The van der Waals surface area contributed by atoms with Crippen molar-refractivity contribution in [3.05, 3.63) is 58.1 Å². The lowest BCUT2D eigenvalue weighted by Gasteiger charge is -2.19. The van der Waals surface area contributed by atoms with E-state index in [0.717, 1.165) is 15.4 Å². The Bertz CT molecular complexity index is 744. The van der Waals surface area contributed by atoms with Gasteiger partial charge in [-0.05, 0) is 57.0 Å². The van der Waals surface area contributed by atoms with Gasteiger partial charge in [0.05, 0.1) is 10.0 Å². The molecular weight excluding hydrogens is 377 g/mol. The first kappa shape index (κ1) is 20.0. The van der Waals surface area contributed by atoms with E-state index in [1.807, 2.05) is 45.0 Å². The topological polar surface area (TPSA) is 38.3 Å². The molecule has 0 saturated carbocycles. The second-order valence-electron chi connectivity index (χ2n) is 6.46. The Kier molecular flexibility index (Phi) is 7.05.